The molecule has 2 aromatic carbocycles. The topological polar surface area (TPSA) is 77.4 Å². The fourth-order valence-electron chi connectivity index (χ4n) is 3.10. The summed E-state index contributed by atoms with van der Waals surface area (Å²) in [5, 5.41) is 19.0. The molecule has 0 unspecified atom stereocenters. The molecule has 0 spiro atoms. The number of hydrogen-bond donors (Lipinski definition) is 2. The van der Waals surface area contributed by atoms with Crippen LogP contribution in [0.25, 0.3) is 11.1 Å². The molecular formula is C20H26O6. The maximum Gasteiger partial charge on any atom is 0.164 e. The highest BCUT2D eigenvalue weighted by atomic mass is 16.5. The van der Waals surface area contributed by atoms with Crippen LogP contribution in [0, 0.1) is 0 Å². The van der Waals surface area contributed by atoms with E-state index in [1.165, 1.54) is 0 Å². The van der Waals surface area contributed by atoms with E-state index in [0.717, 1.165) is 22.3 Å². The molecule has 2 rings (SSSR count). The third-order valence-corrected chi connectivity index (χ3v) is 4.29. The summed E-state index contributed by atoms with van der Waals surface area (Å²) in [6.07, 6.45) is 0.866. The van der Waals surface area contributed by atoms with E-state index in [-0.39, 0.29) is 13.2 Å². The van der Waals surface area contributed by atoms with Crippen LogP contribution in [0.5, 0.6) is 23.0 Å². The minimum absolute atomic E-state index is 0.00507. The normalized spacial score (nSPS) is 10.5. The second kappa shape index (κ2) is 9.31. The number of hydrogen-bond acceptors (Lipinski definition) is 6. The van der Waals surface area contributed by atoms with Crippen molar-refractivity contribution < 1.29 is 29.2 Å². The van der Waals surface area contributed by atoms with Gasteiger partial charge in [0.15, 0.2) is 23.0 Å². The minimum Gasteiger partial charge on any atom is -0.493 e. The van der Waals surface area contributed by atoms with Gasteiger partial charge in [-0.2, -0.15) is 0 Å². The molecule has 0 aliphatic rings. The van der Waals surface area contributed by atoms with Crippen molar-refractivity contribution >= 4 is 0 Å². The van der Waals surface area contributed by atoms with Gasteiger partial charge in [0, 0.05) is 18.8 Å². The van der Waals surface area contributed by atoms with Crippen molar-refractivity contribution in [3.05, 3.63) is 35.4 Å². The molecule has 2 aromatic rings. The van der Waals surface area contributed by atoms with Crippen molar-refractivity contribution in [2.45, 2.75) is 12.8 Å². The maximum atomic E-state index is 9.55. The van der Waals surface area contributed by atoms with Crippen molar-refractivity contribution in [1.29, 1.82) is 0 Å². The molecule has 0 heterocycles. The van der Waals surface area contributed by atoms with Crippen LogP contribution in [-0.4, -0.2) is 51.9 Å². The molecule has 142 valence electrons. The average Bonchev–Trinajstić information content (AvgIpc) is 2.67. The minimum atomic E-state index is -0.0286. The summed E-state index contributed by atoms with van der Waals surface area (Å²) in [5.41, 5.74) is 3.53. The molecule has 0 atom stereocenters. The van der Waals surface area contributed by atoms with Gasteiger partial charge in [0.1, 0.15) is 0 Å². The van der Waals surface area contributed by atoms with Gasteiger partial charge in [0.25, 0.3) is 0 Å². The summed E-state index contributed by atoms with van der Waals surface area (Å²) in [6.45, 7) is -0.0236. The predicted octanol–water partition coefficient (Wildman–Crippen LogP) is 2.46. The molecule has 0 amide bonds. The largest absolute Gasteiger partial charge is 0.493 e. The summed E-state index contributed by atoms with van der Waals surface area (Å²) in [7, 11) is 6.31. The van der Waals surface area contributed by atoms with Gasteiger partial charge in [-0.3, -0.25) is 0 Å². The fraction of sp³-hybridized carbons (Fsp3) is 0.400. The Morgan fingerprint density at radius 2 is 1.31 bits per heavy atom. The smallest absolute Gasteiger partial charge is 0.164 e. The summed E-state index contributed by atoms with van der Waals surface area (Å²) in [5.74, 6) is 2.38. The van der Waals surface area contributed by atoms with E-state index in [1.807, 2.05) is 24.3 Å². The zero-order chi connectivity index (χ0) is 19.1. The SMILES string of the molecule is COc1cc(CCO)c(-c2ccc(OC)c(OC)c2CCO)cc1OC. The van der Waals surface area contributed by atoms with E-state index in [4.69, 9.17) is 18.9 Å². The van der Waals surface area contributed by atoms with Gasteiger partial charge in [0.05, 0.1) is 28.4 Å². The van der Waals surface area contributed by atoms with Gasteiger partial charge in [-0.1, -0.05) is 6.07 Å². The van der Waals surface area contributed by atoms with E-state index in [2.05, 4.69) is 0 Å². The first-order chi connectivity index (χ1) is 12.6. The lowest BCUT2D eigenvalue weighted by Gasteiger charge is -2.20. The average molecular weight is 362 g/mol. The fourth-order valence-corrected chi connectivity index (χ4v) is 3.10. The Morgan fingerprint density at radius 1 is 0.692 bits per heavy atom. The van der Waals surface area contributed by atoms with Crippen LogP contribution in [0.2, 0.25) is 0 Å². The van der Waals surface area contributed by atoms with Gasteiger partial charge < -0.3 is 29.2 Å². The van der Waals surface area contributed by atoms with Crippen molar-refractivity contribution in [1.82, 2.24) is 0 Å². The third-order valence-electron chi connectivity index (χ3n) is 4.29. The van der Waals surface area contributed by atoms with Crippen LogP contribution in [-0.2, 0) is 12.8 Å². The standard InChI is InChI=1S/C20H26O6/c1-23-17-6-5-14(15(8-10-22)20(17)26-4)16-12-19(25-3)18(24-2)11-13(16)7-9-21/h5-6,11-12,21-22H,7-10H2,1-4H3. The summed E-state index contributed by atoms with van der Waals surface area (Å²) < 4.78 is 21.7. The van der Waals surface area contributed by atoms with Crippen LogP contribution in [0.15, 0.2) is 24.3 Å². The van der Waals surface area contributed by atoms with Gasteiger partial charge in [-0.05, 0) is 47.7 Å². The number of methoxy groups -OCH3 is 4. The molecule has 2 N–H and O–H groups in total. The Hall–Kier alpha value is -2.44. The van der Waals surface area contributed by atoms with Crippen LogP contribution < -0.4 is 18.9 Å². The van der Waals surface area contributed by atoms with Crippen LogP contribution in [0.4, 0.5) is 0 Å². The molecule has 0 aliphatic heterocycles. The third kappa shape index (κ3) is 3.86. The Morgan fingerprint density at radius 3 is 1.85 bits per heavy atom. The lowest BCUT2D eigenvalue weighted by Crippen LogP contribution is -2.04. The summed E-state index contributed by atoms with van der Waals surface area (Å²) >= 11 is 0. The zero-order valence-electron chi connectivity index (χ0n) is 15.7. The molecule has 26 heavy (non-hydrogen) atoms. The highest BCUT2D eigenvalue weighted by Gasteiger charge is 2.20. The lowest BCUT2D eigenvalue weighted by atomic mass is 9.91. The monoisotopic (exact) mass is 362 g/mol. The second-order valence-electron chi connectivity index (χ2n) is 5.64. The summed E-state index contributed by atoms with van der Waals surface area (Å²) in [4.78, 5) is 0. The van der Waals surface area contributed by atoms with Crippen molar-refractivity contribution in [2.75, 3.05) is 41.7 Å². The van der Waals surface area contributed by atoms with E-state index in [0.29, 0.717) is 35.8 Å². The highest BCUT2D eigenvalue weighted by Crippen LogP contribution is 2.42. The lowest BCUT2D eigenvalue weighted by molar-refractivity contribution is 0.294. The molecular weight excluding hydrogens is 336 g/mol. The van der Waals surface area contributed by atoms with E-state index in [1.54, 1.807) is 28.4 Å². The Bertz CT molecular complexity index is 740. The van der Waals surface area contributed by atoms with Gasteiger partial charge in [-0.25, -0.2) is 0 Å². The molecule has 0 saturated heterocycles. The van der Waals surface area contributed by atoms with E-state index in [9.17, 15) is 10.2 Å². The zero-order valence-corrected chi connectivity index (χ0v) is 15.7. The highest BCUT2D eigenvalue weighted by molar-refractivity contribution is 5.77. The Balaban J connectivity index is 2.77. The molecule has 0 saturated carbocycles. The Kier molecular flexibility index (Phi) is 7.12. The van der Waals surface area contributed by atoms with Crippen molar-refractivity contribution in [3.63, 3.8) is 0 Å². The second-order valence-corrected chi connectivity index (χ2v) is 5.64. The molecule has 6 heteroatoms. The molecule has 0 bridgehead atoms. The van der Waals surface area contributed by atoms with Crippen LogP contribution in [0.3, 0.4) is 0 Å². The maximum absolute atomic E-state index is 9.55. The van der Waals surface area contributed by atoms with Crippen molar-refractivity contribution in [2.24, 2.45) is 0 Å². The van der Waals surface area contributed by atoms with Gasteiger partial charge in [0.2, 0.25) is 0 Å². The molecule has 0 aromatic heterocycles. The van der Waals surface area contributed by atoms with E-state index < -0.39 is 0 Å². The first-order valence-corrected chi connectivity index (χ1v) is 8.35. The molecule has 0 radical (unpaired) electrons. The van der Waals surface area contributed by atoms with Crippen LogP contribution >= 0.6 is 0 Å². The quantitative estimate of drug-likeness (QED) is 0.714. The predicted molar refractivity (Wildman–Crippen MR) is 99.7 cm³/mol. The number of aliphatic hydroxyl groups is 2. The first-order valence-electron chi connectivity index (χ1n) is 8.35. The summed E-state index contributed by atoms with van der Waals surface area (Å²) in [6, 6.07) is 7.50. The van der Waals surface area contributed by atoms with Gasteiger partial charge in [-0.15, -0.1) is 0 Å². The number of benzene rings is 2. The number of rotatable bonds is 9. The number of ether oxygens (including phenoxy) is 4. The Labute approximate surface area is 153 Å². The van der Waals surface area contributed by atoms with E-state index >= 15 is 0 Å². The first kappa shape index (κ1) is 19.9. The van der Waals surface area contributed by atoms with Gasteiger partial charge >= 0.3 is 0 Å². The van der Waals surface area contributed by atoms with Crippen molar-refractivity contribution in [3.8, 4) is 34.1 Å². The molecule has 0 aliphatic carbocycles. The van der Waals surface area contributed by atoms with Crippen LogP contribution in [0.1, 0.15) is 11.1 Å². The number of aliphatic hydroxyl groups excluding tert-OH is 2. The molecule has 0 fully saturated rings. The molecule has 6 nitrogen and oxygen atoms in total.